The van der Waals surface area contributed by atoms with E-state index in [9.17, 15) is 0 Å². The van der Waals surface area contributed by atoms with E-state index < -0.39 is 0 Å². The van der Waals surface area contributed by atoms with Gasteiger partial charge in [-0.1, -0.05) is 147 Å². The lowest BCUT2D eigenvalue weighted by molar-refractivity contribution is 0.382. The molecule has 0 radical (unpaired) electrons. The van der Waals surface area contributed by atoms with Crippen molar-refractivity contribution in [2.45, 2.75) is 25.3 Å². The first-order valence-electron chi connectivity index (χ1n) is 18.6. The van der Waals surface area contributed by atoms with Gasteiger partial charge in [0.2, 0.25) is 0 Å². The van der Waals surface area contributed by atoms with Crippen LogP contribution in [0.5, 0.6) is 0 Å². The number of aliphatic imine (C=N–C) groups is 1. The van der Waals surface area contributed by atoms with E-state index in [2.05, 4.69) is 194 Å². The van der Waals surface area contributed by atoms with Gasteiger partial charge in [0, 0.05) is 39.7 Å². The maximum atomic E-state index is 5.56. The van der Waals surface area contributed by atoms with Crippen LogP contribution in [0.25, 0.3) is 65.5 Å². The number of rotatable bonds is 3. The highest BCUT2D eigenvalue weighted by Gasteiger charge is 2.46. The average molecular weight is 680 g/mol. The molecule has 2 aliphatic rings. The van der Waals surface area contributed by atoms with Crippen molar-refractivity contribution in [3.05, 3.63) is 192 Å². The van der Waals surface area contributed by atoms with Crippen LogP contribution in [-0.4, -0.2) is 22.4 Å². The number of para-hydroxylation sites is 1. The van der Waals surface area contributed by atoms with E-state index in [1.165, 1.54) is 82.1 Å². The third-order valence-corrected chi connectivity index (χ3v) is 12.0. The standard InChI is InChI=1S/C50H37N3/c1-50(2)42-23-10-8-19-40(42)47-46(50)48(52(3)49(51-47)35-27-26-31-14-4-5-15-32(31)28-35)39-22-12-21-37-36(39)20-13-25-44(37)53-43-24-11-9-18-38(43)41-29-33-16-6-7-17-34(33)30-45(41)53/h4-30,48H,1-3H3. The molecule has 0 saturated heterocycles. The first-order chi connectivity index (χ1) is 26.0. The molecule has 53 heavy (non-hydrogen) atoms. The van der Waals surface area contributed by atoms with Crippen LogP contribution in [0, 0.1) is 0 Å². The van der Waals surface area contributed by atoms with Crippen LogP contribution in [0.3, 0.4) is 0 Å². The molecule has 0 saturated carbocycles. The molecule has 1 aliphatic carbocycles. The summed E-state index contributed by atoms with van der Waals surface area (Å²) in [5.41, 5.74) is 10.9. The van der Waals surface area contributed by atoms with Crippen LogP contribution < -0.4 is 0 Å². The van der Waals surface area contributed by atoms with Crippen molar-refractivity contribution in [2.24, 2.45) is 4.99 Å². The molecule has 1 aliphatic heterocycles. The number of nitrogens with zero attached hydrogens (tertiary/aromatic N) is 3. The van der Waals surface area contributed by atoms with Crippen LogP contribution in [0.15, 0.2) is 174 Å². The minimum atomic E-state index is -0.211. The third kappa shape index (κ3) is 4.25. The number of likely N-dealkylation sites (N-methyl/N-ethyl adjacent to an activating group) is 1. The van der Waals surface area contributed by atoms with Crippen LogP contribution in [0.4, 0.5) is 0 Å². The fourth-order valence-electron chi connectivity index (χ4n) is 9.54. The number of aromatic nitrogens is 1. The van der Waals surface area contributed by atoms with Gasteiger partial charge in [-0.05, 0) is 74.0 Å². The third-order valence-electron chi connectivity index (χ3n) is 12.0. The Morgan fingerprint density at radius 2 is 1.19 bits per heavy atom. The summed E-state index contributed by atoms with van der Waals surface area (Å²) in [4.78, 5) is 8.00. The number of amidine groups is 1. The van der Waals surface area contributed by atoms with Crippen LogP contribution in [0.2, 0.25) is 0 Å². The predicted molar refractivity (Wildman–Crippen MR) is 223 cm³/mol. The van der Waals surface area contributed by atoms with E-state index >= 15 is 0 Å². The molecule has 1 aromatic heterocycles. The highest BCUT2D eigenvalue weighted by molar-refractivity contribution is 6.15. The largest absolute Gasteiger partial charge is 0.348 e. The van der Waals surface area contributed by atoms with Crippen molar-refractivity contribution in [1.29, 1.82) is 0 Å². The molecule has 252 valence electrons. The van der Waals surface area contributed by atoms with Gasteiger partial charge in [0.1, 0.15) is 5.84 Å². The maximum Gasteiger partial charge on any atom is 0.137 e. The summed E-state index contributed by atoms with van der Waals surface area (Å²) in [6.45, 7) is 4.76. The SMILES string of the molecule is CN1C(c2ccc3ccccc3c2)=NC2=C(C1c1cccc3c(-n4c5ccccc5c5cc6ccccc6cc54)cccc13)C(C)(C)c1ccccc12. The maximum absolute atomic E-state index is 5.56. The van der Waals surface area contributed by atoms with Crippen molar-refractivity contribution in [2.75, 3.05) is 7.05 Å². The average Bonchev–Trinajstić information content (AvgIpc) is 3.63. The lowest BCUT2D eigenvalue weighted by atomic mass is 9.75. The molecule has 0 N–H and O–H groups in total. The number of fused-ring (bicyclic) bond motifs is 8. The Balaban J connectivity index is 1.17. The van der Waals surface area contributed by atoms with Gasteiger partial charge in [-0.25, -0.2) is 4.99 Å². The molecule has 0 spiro atoms. The first kappa shape index (κ1) is 30.2. The molecule has 3 nitrogen and oxygen atoms in total. The molecule has 0 bridgehead atoms. The molecule has 3 heteroatoms. The zero-order valence-corrected chi connectivity index (χ0v) is 30.0. The Bertz CT molecular complexity index is 3060. The molecule has 8 aromatic carbocycles. The van der Waals surface area contributed by atoms with Gasteiger partial charge in [-0.3, -0.25) is 0 Å². The summed E-state index contributed by atoms with van der Waals surface area (Å²) in [6, 6.07) is 60.2. The molecule has 9 aromatic rings. The summed E-state index contributed by atoms with van der Waals surface area (Å²) in [6.07, 6.45) is 0. The second-order valence-corrected chi connectivity index (χ2v) is 15.2. The Labute approximate surface area is 308 Å². The lowest BCUT2D eigenvalue weighted by Gasteiger charge is -2.41. The van der Waals surface area contributed by atoms with Gasteiger partial charge in [-0.15, -0.1) is 0 Å². The van der Waals surface area contributed by atoms with Gasteiger partial charge in [0.05, 0.1) is 28.5 Å². The van der Waals surface area contributed by atoms with Gasteiger partial charge in [0.25, 0.3) is 0 Å². The molecule has 0 fully saturated rings. The normalized spacial score (nSPS) is 16.5. The number of hydrogen-bond acceptors (Lipinski definition) is 2. The lowest BCUT2D eigenvalue weighted by Crippen LogP contribution is -2.39. The van der Waals surface area contributed by atoms with E-state index in [1.807, 2.05) is 0 Å². The zero-order chi connectivity index (χ0) is 35.4. The molecule has 11 rings (SSSR count). The number of hydrogen-bond donors (Lipinski definition) is 0. The highest BCUT2D eigenvalue weighted by atomic mass is 15.2. The Morgan fingerprint density at radius 3 is 2.04 bits per heavy atom. The summed E-state index contributed by atoms with van der Waals surface area (Å²) in [5.74, 6) is 0.995. The zero-order valence-electron chi connectivity index (χ0n) is 30.0. The molecule has 1 unspecified atom stereocenters. The first-order valence-corrected chi connectivity index (χ1v) is 18.6. The monoisotopic (exact) mass is 679 g/mol. The summed E-state index contributed by atoms with van der Waals surface area (Å²) in [5, 5.41) is 10.00. The minimum absolute atomic E-state index is 0.0348. The summed E-state index contributed by atoms with van der Waals surface area (Å²) < 4.78 is 2.48. The van der Waals surface area contributed by atoms with Gasteiger partial charge in [0.15, 0.2) is 0 Å². The van der Waals surface area contributed by atoms with E-state index in [0.717, 1.165) is 17.1 Å². The highest BCUT2D eigenvalue weighted by Crippen LogP contribution is 2.55. The van der Waals surface area contributed by atoms with E-state index in [-0.39, 0.29) is 11.5 Å². The quantitative estimate of drug-likeness (QED) is 0.182. The van der Waals surface area contributed by atoms with Gasteiger partial charge >= 0.3 is 0 Å². The summed E-state index contributed by atoms with van der Waals surface area (Å²) in [7, 11) is 2.24. The molecule has 2 heterocycles. The fourth-order valence-corrected chi connectivity index (χ4v) is 9.54. The molecule has 1 atom stereocenters. The number of benzene rings is 8. The molecule has 0 amide bonds. The van der Waals surface area contributed by atoms with Crippen LogP contribution >= 0.6 is 0 Å². The van der Waals surface area contributed by atoms with E-state index in [0.29, 0.717) is 0 Å². The van der Waals surface area contributed by atoms with Crippen molar-refractivity contribution in [1.82, 2.24) is 9.47 Å². The van der Waals surface area contributed by atoms with Crippen molar-refractivity contribution in [3.8, 4) is 5.69 Å². The van der Waals surface area contributed by atoms with Crippen LogP contribution in [0.1, 0.15) is 42.1 Å². The minimum Gasteiger partial charge on any atom is -0.348 e. The molecular weight excluding hydrogens is 643 g/mol. The second kappa shape index (κ2) is 11.0. The fraction of sp³-hybridized carbons (Fsp3) is 0.100. The van der Waals surface area contributed by atoms with Crippen LogP contribution in [-0.2, 0) is 5.41 Å². The van der Waals surface area contributed by atoms with Gasteiger partial charge in [-0.2, -0.15) is 0 Å². The Hall–Kier alpha value is -6.45. The van der Waals surface area contributed by atoms with E-state index in [4.69, 9.17) is 4.99 Å². The van der Waals surface area contributed by atoms with Gasteiger partial charge < -0.3 is 9.47 Å². The van der Waals surface area contributed by atoms with E-state index in [1.54, 1.807) is 0 Å². The smallest absolute Gasteiger partial charge is 0.137 e. The predicted octanol–water partition coefficient (Wildman–Crippen LogP) is 12.4. The molecular formula is C50H37N3. The van der Waals surface area contributed by atoms with Crippen molar-refractivity contribution >= 4 is 65.7 Å². The Kier molecular flexibility index (Phi) is 6.28. The second-order valence-electron chi connectivity index (χ2n) is 15.2. The van der Waals surface area contributed by atoms with Crippen molar-refractivity contribution in [3.63, 3.8) is 0 Å². The Morgan fingerprint density at radius 1 is 0.528 bits per heavy atom. The van der Waals surface area contributed by atoms with Crippen molar-refractivity contribution < 1.29 is 0 Å². The topological polar surface area (TPSA) is 20.5 Å². The summed E-state index contributed by atoms with van der Waals surface area (Å²) >= 11 is 0.